The van der Waals surface area contributed by atoms with Crippen LogP contribution in [0, 0.1) is 10.1 Å². The number of benzene rings is 1. The van der Waals surface area contributed by atoms with Crippen LogP contribution in [0.3, 0.4) is 0 Å². The van der Waals surface area contributed by atoms with Gasteiger partial charge in [0.1, 0.15) is 6.33 Å². The van der Waals surface area contributed by atoms with Crippen LogP contribution >= 0.6 is 15.9 Å². The van der Waals surface area contributed by atoms with Crippen molar-refractivity contribution in [3.05, 3.63) is 33.0 Å². The van der Waals surface area contributed by atoms with Gasteiger partial charge >= 0.3 is 0 Å². The van der Waals surface area contributed by atoms with E-state index in [0.717, 1.165) is 0 Å². The van der Waals surface area contributed by atoms with Crippen LogP contribution in [-0.2, 0) is 0 Å². The summed E-state index contributed by atoms with van der Waals surface area (Å²) in [6.07, 6.45) is 1.19. The Bertz CT molecular complexity index is 558. The third-order valence-electron chi connectivity index (χ3n) is 1.87. The summed E-state index contributed by atoms with van der Waals surface area (Å²) in [6.45, 7) is 0. The van der Waals surface area contributed by atoms with Gasteiger partial charge in [0.15, 0.2) is 0 Å². The fourth-order valence-electron chi connectivity index (χ4n) is 1.20. The molecule has 1 aromatic carbocycles. The second-order valence-corrected chi connectivity index (χ2v) is 3.63. The number of fused-ring (bicyclic) bond motifs is 1. The van der Waals surface area contributed by atoms with E-state index in [2.05, 4.69) is 25.9 Å². The van der Waals surface area contributed by atoms with Gasteiger partial charge in [-0.05, 0) is 15.9 Å². The molecule has 1 aromatic heterocycles. The molecule has 0 saturated heterocycles. The maximum Gasteiger partial charge on any atom is 0.271 e. The van der Waals surface area contributed by atoms with Crippen LogP contribution in [0.15, 0.2) is 22.9 Å². The third-order valence-corrected chi connectivity index (χ3v) is 2.47. The van der Waals surface area contributed by atoms with E-state index >= 15 is 0 Å². The fourth-order valence-corrected chi connectivity index (χ4v) is 1.75. The molecule has 0 unspecified atom stereocenters. The molecule has 2 aromatic rings. The second kappa shape index (κ2) is 3.43. The minimum Gasteiger partial charge on any atom is -0.493 e. The molecular formula is C8H4BrN3O3. The summed E-state index contributed by atoms with van der Waals surface area (Å²) < 4.78 is 0.449. The summed E-state index contributed by atoms with van der Waals surface area (Å²) >= 11 is 3.14. The maximum atomic E-state index is 10.6. The molecule has 2 rings (SSSR count). The van der Waals surface area contributed by atoms with Crippen molar-refractivity contribution in [1.82, 2.24) is 9.97 Å². The summed E-state index contributed by atoms with van der Waals surface area (Å²) in [5, 5.41) is 20.2. The molecular weight excluding hydrogens is 266 g/mol. The first-order valence-electron chi connectivity index (χ1n) is 3.87. The monoisotopic (exact) mass is 269 g/mol. The zero-order valence-corrected chi connectivity index (χ0v) is 8.80. The highest BCUT2D eigenvalue weighted by molar-refractivity contribution is 9.10. The van der Waals surface area contributed by atoms with E-state index < -0.39 is 4.92 Å². The van der Waals surface area contributed by atoms with Crippen LogP contribution in [0.2, 0.25) is 0 Å². The Morgan fingerprint density at radius 3 is 2.80 bits per heavy atom. The predicted molar refractivity (Wildman–Crippen MR) is 55.6 cm³/mol. The topological polar surface area (TPSA) is 89.2 Å². The molecule has 1 heterocycles. The van der Waals surface area contributed by atoms with E-state index in [1.165, 1.54) is 18.5 Å². The lowest BCUT2D eigenvalue weighted by Crippen LogP contribution is -1.90. The van der Waals surface area contributed by atoms with Gasteiger partial charge in [-0.1, -0.05) is 0 Å². The molecule has 76 valence electrons. The third kappa shape index (κ3) is 1.61. The molecule has 0 aliphatic heterocycles. The van der Waals surface area contributed by atoms with Crippen molar-refractivity contribution < 1.29 is 10.0 Å². The van der Waals surface area contributed by atoms with E-state index in [9.17, 15) is 15.2 Å². The Kier molecular flexibility index (Phi) is 2.24. The minimum atomic E-state index is -0.545. The zero-order chi connectivity index (χ0) is 11.0. The molecule has 0 amide bonds. The van der Waals surface area contributed by atoms with Crippen molar-refractivity contribution in [2.24, 2.45) is 0 Å². The normalized spacial score (nSPS) is 10.5. The molecule has 15 heavy (non-hydrogen) atoms. The number of halogens is 1. The average molecular weight is 270 g/mol. The van der Waals surface area contributed by atoms with Crippen LogP contribution < -0.4 is 0 Å². The second-order valence-electron chi connectivity index (χ2n) is 2.78. The molecule has 0 bridgehead atoms. The molecule has 0 atom stereocenters. The highest BCUT2D eigenvalue weighted by Crippen LogP contribution is 2.31. The van der Waals surface area contributed by atoms with Gasteiger partial charge in [0.05, 0.1) is 20.3 Å². The van der Waals surface area contributed by atoms with Gasteiger partial charge in [-0.15, -0.1) is 0 Å². The minimum absolute atomic E-state index is 0.125. The Labute approximate surface area is 91.9 Å². The first kappa shape index (κ1) is 9.78. The van der Waals surface area contributed by atoms with Gasteiger partial charge in [-0.2, -0.15) is 0 Å². The Morgan fingerprint density at radius 2 is 2.13 bits per heavy atom. The number of nitro benzene ring substituents is 1. The molecule has 6 nitrogen and oxygen atoms in total. The number of non-ortho nitro benzene ring substituents is 1. The Morgan fingerprint density at radius 1 is 1.40 bits per heavy atom. The molecule has 0 spiro atoms. The summed E-state index contributed by atoms with van der Waals surface area (Å²) in [4.78, 5) is 17.5. The first-order chi connectivity index (χ1) is 7.09. The summed E-state index contributed by atoms with van der Waals surface area (Å²) in [5.74, 6) is -0.274. The fraction of sp³-hybridized carbons (Fsp3) is 0. The van der Waals surface area contributed by atoms with Crippen molar-refractivity contribution in [1.29, 1.82) is 0 Å². The van der Waals surface area contributed by atoms with Gasteiger partial charge in [0.25, 0.3) is 5.69 Å². The molecule has 1 N–H and O–H groups in total. The predicted octanol–water partition coefficient (Wildman–Crippen LogP) is 2.01. The summed E-state index contributed by atoms with van der Waals surface area (Å²) in [7, 11) is 0. The number of aromatic nitrogens is 2. The standard InChI is InChI=1S/C8H4BrN3O3/c9-6-2-4(12(14)15)1-5-7(6)10-3-11-8(5)13/h1-3H,(H,10,11,13). The van der Waals surface area contributed by atoms with Gasteiger partial charge in [0, 0.05) is 12.1 Å². The molecule has 0 fully saturated rings. The van der Waals surface area contributed by atoms with E-state index in [4.69, 9.17) is 0 Å². The van der Waals surface area contributed by atoms with Gasteiger partial charge in [-0.3, -0.25) is 10.1 Å². The number of aromatic hydroxyl groups is 1. The largest absolute Gasteiger partial charge is 0.493 e. The lowest BCUT2D eigenvalue weighted by molar-refractivity contribution is -0.384. The molecule has 0 aliphatic carbocycles. The van der Waals surface area contributed by atoms with Gasteiger partial charge in [-0.25, -0.2) is 9.97 Å². The van der Waals surface area contributed by atoms with Crippen LogP contribution in [0.5, 0.6) is 5.88 Å². The lowest BCUT2D eigenvalue weighted by Gasteiger charge is -2.00. The number of hydrogen-bond donors (Lipinski definition) is 1. The van der Waals surface area contributed by atoms with Crippen LogP contribution in [0.4, 0.5) is 5.69 Å². The number of hydrogen-bond acceptors (Lipinski definition) is 5. The van der Waals surface area contributed by atoms with Crippen molar-refractivity contribution >= 4 is 32.5 Å². The lowest BCUT2D eigenvalue weighted by atomic mass is 10.2. The van der Waals surface area contributed by atoms with Crippen LogP contribution in [0.25, 0.3) is 10.9 Å². The van der Waals surface area contributed by atoms with Crippen molar-refractivity contribution in [2.75, 3.05) is 0 Å². The van der Waals surface area contributed by atoms with Crippen molar-refractivity contribution in [3.63, 3.8) is 0 Å². The smallest absolute Gasteiger partial charge is 0.271 e. The summed E-state index contributed by atoms with van der Waals surface area (Å²) in [6, 6.07) is 2.56. The summed E-state index contributed by atoms with van der Waals surface area (Å²) in [5.41, 5.74) is 0.313. The van der Waals surface area contributed by atoms with Crippen molar-refractivity contribution in [3.8, 4) is 5.88 Å². The molecule has 0 aliphatic rings. The SMILES string of the molecule is O=[N+]([O-])c1cc(Br)c2ncnc(O)c2c1. The Balaban J connectivity index is 2.85. The van der Waals surface area contributed by atoms with Crippen LogP contribution in [0.1, 0.15) is 0 Å². The molecule has 0 radical (unpaired) electrons. The Hall–Kier alpha value is -1.76. The number of nitro groups is 1. The average Bonchev–Trinajstić information content (AvgIpc) is 2.19. The quantitative estimate of drug-likeness (QED) is 0.632. The number of nitrogens with zero attached hydrogens (tertiary/aromatic N) is 3. The first-order valence-corrected chi connectivity index (χ1v) is 4.66. The van der Waals surface area contributed by atoms with E-state index in [1.54, 1.807) is 0 Å². The van der Waals surface area contributed by atoms with Gasteiger partial charge in [0.2, 0.25) is 5.88 Å². The van der Waals surface area contributed by atoms with E-state index in [1.807, 2.05) is 0 Å². The van der Waals surface area contributed by atoms with Crippen LogP contribution in [-0.4, -0.2) is 20.0 Å². The van der Waals surface area contributed by atoms with E-state index in [0.29, 0.717) is 9.99 Å². The van der Waals surface area contributed by atoms with Crippen molar-refractivity contribution in [2.45, 2.75) is 0 Å². The number of rotatable bonds is 1. The molecule has 0 saturated carbocycles. The molecule has 7 heteroatoms. The highest BCUT2D eigenvalue weighted by Gasteiger charge is 2.13. The van der Waals surface area contributed by atoms with Gasteiger partial charge < -0.3 is 5.11 Å². The van der Waals surface area contributed by atoms with E-state index in [-0.39, 0.29) is 17.0 Å². The highest BCUT2D eigenvalue weighted by atomic mass is 79.9. The maximum absolute atomic E-state index is 10.6. The zero-order valence-electron chi connectivity index (χ0n) is 7.22.